The molecule has 9 heteroatoms. The number of nitrogens with two attached hydrogens (primary N) is 1. The van der Waals surface area contributed by atoms with Crippen LogP contribution in [0.3, 0.4) is 0 Å². The number of hydrogen-bond acceptors (Lipinski definition) is 3. The molecule has 2 rings (SSSR count). The maximum Gasteiger partial charge on any atom is 0.416 e. The number of benzene rings is 2. The van der Waals surface area contributed by atoms with Gasteiger partial charge in [0.2, 0.25) is 15.9 Å². The van der Waals surface area contributed by atoms with Gasteiger partial charge in [0.25, 0.3) is 0 Å². The summed E-state index contributed by atoms with van der Waals surface area (Å²) in [6.07, 6.45) is -3.95. The molecular formula is C19H21F3N2O3S. The van der Waals surface area contributed by atoms with Gasteiger partial charge in [0.15, 0.2) is 0 Å². The molecule has 152 valence electrons. The van der Waals surface area contributed by atoms with Crippen molar-refractivity contribution in [3.8, 4) is 0 Å². The molecule has 1 amide bonds. The van der Waals surface area contributed by atoms with E-state index in [1.165, 1.54) is 30.3 Å². The summed E-state index contributed by atoms with van der Waals surface area (Å²) < 4.78 is 61.1. The first-order valence-electron chi connectivity index (χ1n) is 8.53. The van der Waals surface area contributed by atoms with Crippen molar-refractivity contribution in [3.05, 3.63) is 65.2 Å². The van der Waals surface area contributed by atoms with Crippen molar-refractivity contribution >= 4 is 15.9 Å². The molecule has 3 N–H and O–H groups in total. The van der Waals surface area contributed by atoms with E-state index in [0.717, 1.165) is 12.1 Å². The number of amides is 1. The Morgan fingerprint density at radius 1 is 1.11 bits per heavy atom. The molecule has 0 saturated carbocycles. The van der Waals surface area contributed by atoms with E-state index in [4.69, 9.17) is 5.14 Å². The highest BCUT2D eigenvalue weighted by atomic mass is 32.2. The number of primary sulfonamides is 1. The van der Waals surface area contributed by atoms with E-state index < -0.39 is 33.7 Å². The fourth-order valence-corrected chi connectivity index (χ4v) is 3.31. The Morgan fingerprint density at radius 2 is 1.71 bits per heavy atom. The molecule has 0 radical (unpaired) electrons. The average Bonchev–Trinajstić information content (AvgIpc) is 2.64. The van der Waals surface area contributed by atoms with Crippen LogP contribution in [0.15, 0.2) is 53.4 Å². The Hall–Kier alpha value is -2.39. The van der Waals surface area contributed by atoms with Gasteiger partial charge in [0.05, 0.1) is 22.4 Å². The summed E-state index contributed by atoms with van der Waals surface area (Å²) in [5.41, 5.74) is 0.232. The fourth-order valence-electron chi connectivity index (χ4n) is 2.74. The first kappa shape index (κ1) is 21.9. The number of rotatable bonds is 6. The van der Waals surface area contributed by atoms with Gasteiger partial charge >= 0.3 is 6.18 Å². The molecule has 0 bridgehead atoms. The number of hydrogen-bond donors (Lipinski definition) is 2. The van der Waals surface area contributed by atoms with Gasteiger partial charge in [-0.25, -0.2) is 13.6 Å². The number of sulfonamides is 1. The van der Waals surface area contributed by atoms with Crippen molar-refractivity contribution in [2.24, 2.45) is 5.14 Å². The molecule has 0 aromatic heterocycles. The van der Waals surface area contributed by atoms with Crippen LogP contribution < -0.4 is 10.5 Å². The zero-order valence-electron chi connectivity index (χ0n) is 15.3. The molecule has 0 aliphatic heterocycles. The van der Waals surface area contributed by atoms with Crippen LogP contribution in [0.1, 0.15) is 48.9 Å². The predicted molar refractivity (Wildman–Crippen MR) is 98.8 cm³/mol. The minimum Gasteiger partial charge on any atom is -0.349 e. The number of carbonyl (C=O) groups excluding carboxylic acids is 1. The van der Waals surface area contributed by atoms with Gasteiger partial charge in [-0.3, -0.25) is 4.79 Å². The van der Waals surface area contributed by atoms with Crippen molar-refractivity contribution in [2.45, 2.75) is 43.3 Å². The number of alkyl halides is 3. The lowest BCUT2D eigenvalue weighted by Gasteiger charge is -2.21. The van der Waals surface area contributed by atoms with Crippen molar-refractivity contribution < 1.29 is 26.4 Å². The van der Waals surface area contributed by atoms with E-state index >= 15 is 0 Å². The SMILES string of the molecule is CCC(NC(=O)C(C)c1ccc(C(F)(F)F)cc1)c1cccc(S(N)(=O)=O)c1. The summed E-state index contributed by atoms with van der Waals surface area (Å²) in [4.78, 5) is 12.5. The quantitative estimate of drug-likeness (QED) is 0.755. The second kappa shape index (κ2) is 8.32. The first-order valence-corrected chi connectivity index (χ1v) is 10.1. The Balaban J connectivity index is 2.18. The molecule has 0 fully saturated rings. The lowest BCUT2D eigenvalue weighted by molar-refractivity contribution is -0.137. The highest BCUT2D eigenvalue weighted by Crippen LogP contribution is 2.30. The highest BCUT2D eigenvalue weighted by molar-refractivity contribution is 7.89. The lowest BCUT2D eigenvalue weighted by atomic mass is 9.97. The molecule has 2 atom stereocenters. The zero-order chi connectivity index (χ0) is 21.1. The Kier molecular flexibility index (Phi) is 6.51. The van der Waals surface area contributed by atoms with E-state index in [0.29, 0.717) is 17.5 Å². The van der Waals surface area contributed by atoms with Gasteiger partial charge in [-0.05, 0) is 48.7 Å². The molecule has 0 spiro atoms. The van der Waals surface area contributed by atoms with Crippen LogP contribution in [0.4, 0.5) is 13.2 Å². The highest BCUT2D eigenvalue weighted by Gasteiger charge is 2.30. The van der Waals surface area contributed by atoms with Gasteiger partial charge in [0.1, 0.15) is 0 Å². The summed E-state index contributed by atoms with van der Waals surface area (Å²) in [6, 6.07) is 9.91. The predicted octanol–water partition coefficient (Wildman–Crippen LogP) is 3.72. The Morgan fingerprint density at radius 3 is 2.21 bits per heavy atom. The van der Waals surface area contributed by atoms with Crippen molar-refractivity contribution in [1.82, 2.24) is 5.32 Å². The summed E-state index contributed by atoms with van der Waals surface area (Å²) >= 11 is 0. The van der Waals surface area contributed by atoms with Crippen molar-refractivity contribution in [2.75, 3.05) is 0 Å². The molecule has 2 aromatic rings. The second-order valence-corrected chi connectivity index (χ2v) is 7.99. The standard InChI is InChI=1S/C19H21F3N2O3S/c1-3-17(14-5-4-6-16(11-14)28(23,26)27)24-18(25)12(2)13-7-9-15(10-8-13)19(20,21)22/h4-12,17H,3H2,1-2H3,(H,24,25)(H2,23,26,27). The average molecular weight is 414 g/mol. The molecule has 0 aliphatic carbocycles. The van der Waals surface area contributed by atoms with Gasteiger partial charge in [0, 0.05) is 0 Å². The Labute approximate surface area is 161 Å². The number of carbonyl (C=O) groups is 1. The summed E-state index contributed by atoms with van der Waals surface area (Å²) in [5, 5.41) is 7.95. The van der Waals surface area contributed by atoms with E-state index in [-0.39, 0.29) is 10.8 Å². The Bertz CT molecular complexity index is 942. The van der Waals surface area contributed by atoms with Crippen LogP contribution in [-0.4, -0.2) is 14.3 Å². The van der Waals surface area contributed by atoms with Crippen molar-refractivity contribution in [3.63, 3.8) is 0 Å². The molecule has 0 heterocycles. The number of halogens is 3. The normalized spacial score (nSPS) is 14.4. The summed E-state index contributed by atoms with van der Waals surface area (Å²) in [7, 11) is -3.88. The van der Waals surface area contributed by atoms with Crippen LogP contribution in [0.25, 0.3) is 0 Å². The fraction of sp³-hybridized carbons (Fsp3) is 0.316. The smallest absolute Gasteiger partial charge is 0.349 e. The zero-order valence-corrected chi connectivity index (χ0v) is 16.1. The third kappa shape index (κ3) is 5.32. The third-order valence-electron chi connectivity index (χ3n) is 4.45. The van der Waals surface area contributed by atoms with Gasteiger partial charge in [-0.2, -0.15) is 13.2 Å². The van der Waals surface area contributed by atoms with Crippen molar-refractivity contribution in [1.29, 1.82) is 0 Å². The molecule has 0 aliphatic rings. The van der Waals surface area contributed by atoms with E-state index in [9.17, 15) is 26.4 Å². The van der Waals surface area contributed by atoms with E-state index in [2.05, 4.69) is 5.32 Å². The molecule has 2 aromatic carbocycles. The molecule has 5 nitrogen and oxygen atoms in total. The largest absolute Gasteiger partial charge is 0.416 e. The monoisotopic (exact) mass is 414 g/mol. The summed E-state index contributed by atoms with van der Waals surface area (Å²) in [6.45, 7) is 3.41. The van der Waals surface area contributed by atoms with Crippen LogP contribution in [0.5, 0.6) is 0 Å². The van der Waals surface area contributed by atoms with Gasteiger partial charge < -0.3 is 5.32 Å². The van der Waals surface area contributed by atoms with Gasteiger partial charge in [-0.15, -0.1) is 0 Å². The molecule has 2 unspecified atom stereocenters. The maximum absolute atomic E-state index is 12.7. The van der Waals surface area contributed by atoms with E-state index in [1.54, 1.807) is 13.0 Å². The minimum absolute atomic E-state index is 0.0616. The third-order valence-corrected chi connectivity index (χ3v) is 5.36. The first-order chi connectivity index (χ1) is 12.9. The molecule has 28 heavy (non-hydrogen) atoms. The topological polar surface area (TPSA) is 89.3 Å². The minimum atomic E-state index is -4.44. The van der Waals surface area contributed by atoms with Crippen LogP contribution >= 0.6 is 0 Å². The van der Waals surface area contributed by atoms with Crippen LogP contribution in [0, 0.1) is 0 Å². The summed E-state index contributed by atoms with van der Waals surface area (Å²) in [5.74, 6) is -1.06. The van der Waals surface area contributed by atoms with Crippen LogP contribution in [-0.2, 0) is 21.0 Å². The molecule has 0 saturated heterocycles. The van der Waals surface area contributed by atoms with E-state index in [1.807, 2.05) is 6.92 Å². The number of nitrogens with one attached hydrogen (secondary N) is 1. The molecular weight excluding hydrogens is 393 g/mol. The maximum atomic E-state index is 12.7. The van der Waals surface area contributed by atoms with Gasteiger partial charge in [-0.1, -0.05) is 31.2 Å². The van der Waals surface area contributed by atoms with Crippen LogP contribution in [0.2, 0.25) is 0 Å². The second-order valence-electron chi connectivity index (χ2n) is 6.43. The lowest BCUT2D eigenvalue weighted by Crippen LogP contribution is -2.32.